The number of rotatable bonds is 4. The second-order valence-corrected chi connectivity index (χ2v) is 7.03. The molecule has 0 bridgehead atoms. The molecule has 27 heavy (non-hydrogen) atoms. The van der Waals surface area contributed by atoms with Gasteiger partial charge in [0.1, 0.15) is 5.69 Å². The summed E-state index contributed by atoms with van der Waals surface area (Å²) in [5.74, 6) is -0.0357. The van der Waals surface area contributed by atoms with Crippen LogP contribution in [0.15, 0.2) is 36.5 Å². The highest BCUT2D eigenvalue weighted by molar-refractivity contribution is 5.93. The Morgan fingerprint density at radius 1 is 1.04 bits per heavy atom. The molecule has 3 heterocycles. The molecular formula is C20H24N6O. The molecule has 0 aliphatic carbocycles. The highest BCUT2D eigenvalue weighted by Crippen LogP contribution is 2.12. The summed E-state index contributed by atoms with van der Waals surface area (Å²) in [6, 6.07) is 9.71. The Morgan fingerprint density at radius 3 is 2.48 bits per heavy atom. The molecule has 140 valence electrons. The lowest BCUT2D eigenvalue weighted by Gasteiger charge is -2.34. The second kappa shape index (κ2) is 7.44. The zero-order valence-corrected chi connectivity index (χ0v) is 15.8. The SMILES string of the molecule is Cc1cc(C)n(CCN2CCN(C(=O)c3cnc4ccccc4n3)CC2)n1. The largest absolute Gasteiger partial charge is 0.335 e. The number of aryl methyl sites for hydroxylation is 2. The normalized spacial score (nSPS) is 15.4. The van der Waals surface area contributed by atoms with E-state index >= 15 is 0 Å². The molecule has 0 unspecified atom stereocenters. The Morgan fingerprint density at radius 2 is 1.78 bits per heavy atom. The van der Waals surface area contributed by atoms with Crippen molar-refractivity contribution in [2.75, 3.05) is 32.7 Å². The zero-order chi connectivity index (χ0) is 18.8. The lowest BCUT2D eigenvalue weighted by atomic mass is 10.2. The predicted octanol–water partition coefficient (Wildman–Crippen LogP) is 1.90. The number of amides is 1. The molecule has 4 rings (SSSR count). The maximum Gasteiger partial charge on any atom is 0.274 e. The Labute approximate surface area is 158 Å². The van der Waals surface area contributed by atoms with Gasteiger partial charge in [0.05, 0.1) is 29.5 Å². The second-order valence-electron chi connectivity index (χ2n) is 7.03. The maximum atomic E-state index is 12.8. The van der Waals surface area contributed by atoms with Gasteiger partial charge >= 0.3 is 0 Å². The average molecular weight is 364 g/mol. The third-order valence-electron chi connectivity index (χ3n) is 5.06. The van der Waals surface area contributed by atoms with E-state index in [2.05, 4.69) is 37.6 Å². The molecule has 3 aromatic rings. The van der Waals surface area contributed by atoms with E-state index in [0.29, 0.717) is 18.8 Å². The number of para-hydroxylation sites is 2. The van der Waals surface area contributed by atoms with Gasteiger partial charge in [-0.15, -0.1) is 0 Å². The van der Waals surface area contributed by atoms with Gasteiger partial charge in [-0.25, -0.2) is 4.98 Å². The van der Waals surface area contributed by atoms with Gasteiger partial charge in [-0.1, -0.05) is 12.1 Å². The van der Waals surface area contributed by atoms with Crippen LogP contribution in [0.4, 0.5) is 0 Å². The van der Waals surface area contributed by atoms with E-state index in [9.17, 15) is 4.79 Å². The molecule has 1 aromatic carbocycles. The molecule has 0 atom stereocenters. The smallest absolute Gasteiger partial charge is 0.274 e. The third kappa shape index (κ3) is 3.83. The number of nitrogens with zero attached hydrogens (tertiary/aromatic N) is 6. The molecule has 0 saturated carbocycles. The minimum absolute atomic E-state index is 0.0357. The van der Waals surface area contributed by atoms with E-state index in [4.69, 9.17) is 0 Å². The number of fused-ring (bicyclic) bond motifs is 1. The summed E-state index contributed by atoms with van der Waals surface area (Å²) in [4.78, 5) is 25.9. The minimum atomic E-state index is -0.0357. The molecule has 1 aliphatic rings. The van der Waals surface area contributed by atoms with Crippen LogP contribution in [-0.2, 0) is 6.54 Å². The summed E-state index contributed by atoms with van der Waals surface area (Å²) in [5.41, 5.74) is 4.23. The fraction of sp³-hybridized carbons (Fsp3) is 0.400. The summed E-state index contributed by atoms with van der Waals surface area (Å²) >= 11 is 0. The van der Waals surface area contributed by atoms with E-state index in [1.54, 1.807) is 6.20 Å². The number of aromatic nitrogens is 4. The van der Waals surface area contributed by atoms with Crippen molar-refractivity contribution in [2.24, 2.45) is 0 Å². The van der Waals surface area contributed by atoms with Crippen LogP contribution in [0.2, 0.25) is 0 Å². The molecule has 7 nitrogen and oxygen atoms in total. The van der Waals surface area contributed by atoms with Crippen molar-refractivity contribution in [3.8, 4) is 0 Å². The van der Waals surface area contributed by atoms with Crippen molar-refractivity contribution in [2.45, 2.75) is 20.4 Å². The summed E-state index contributed by atoms with van der Waals surface area (Å²) in [6.07, 6.45) is 1.58. The van der Waals surface area contributed by atoms with Crippen LogP contribution in [-0.4, -0.2) is 68.2 Å². The molecule has 0 radical (unpaired) electrons. The van der Waals surface area contributed by atoms with Crippen molar-refractivity contribution in [3.05, 3.63) is 53.6 Å². The predicted molar refractivity (Wildman–Crippen MR) is 104 cm³/mol. The molecule has 0 N–H and O–H groups in total. The summed E-state index contributed by atoms with van der Waals surface area (Å²) < 4.78 is 2.05. The van der Waals surface area contributed by atoms with Crippen LogP contribution in [0.25, 0.3) is 11.0 Å². The molecule has 2 aromatic heterocycles. The monoisotopic (exact) mass is 364 g/mol. The number of hydrogen-bond donors (Lipinski definition) is 0. The quantitative estimate of drug-likeness (QED) is 0.707. The minimum Gasteiger partial charge on any atom is -0.335 e. The standard InChI is InChI=1S/C20H24N6O/c1-15-13-16(2)26(23-15)12-9-24-7-10-25(11-8-24)20(27)19-14-21-17-5-3-4-6-18(17)22-19/h3-6,13-14H,7-12H2,1-2H3. The first-order chi connectivity index (χ1) is 13.1. The van der Waals surface area contributed by atoms with Crippen LogP contribution in [0.3, 0.4) is 0 Å². The highest BCUT2D eigenvalue weighted by atomic mass is 16.2. The Kier molecular flexibility index (Phi) is 4.85. The van der Waals surface area contributed by atoms with Gasteiger partial charge in [-0.3, -0.25) is 19.4 Å². The van der Waals surface area contributed by atoms with Gasteiger partial charge in [-0.2, -0.15) is 5.10 Å². The third-order valence-corrected chi connectivity index (χ3v) is 5.06. The number of carbonyl (C=O) groups excluding carboxylic acids is 1. The lowest BCUT2D eigenvalue weighted by molar-refractivity contribution is 0.0626. The van der Waals surface area contributed by atoms with Gasteiger partial charge in [-0.05, 0) is 32.0 Å². The van der Waals surface area contributed by atoms with Crippen molar-refractivity contribution in [3.63, 3.8) is 0 Å². The fourth-order valence-electron chi connectivity index (χ4n) is 3.53. The van der Waals surface area contributed by atoms with Crippen LogP contribution in [0.5, 0.6) is 0 Å². The average Bonchev–Trinajstić information content (AvgIpc) is 3.03. The Hall–Kier alpha value is -2.80. The summed E-state index contributed by atoms with van der Waals surface area (Å²) in [6.45, 7) is 9.08. The van der Waals surface area contributed by atoms with E-state index < -0.39 is 0 Å². The van der Waals surface area contributed by atoms with E-state index in [0.717, 1.165) is 42.9 Å². The molecule has 1 amide bonds. The van der Waals surface area contributed by atoms with Crippen molar-refractivity contribution in [1.82, 2.24) is 29.5 Å². The van der Waals surface area contributed by atoms with Crippen molar-refractivity contribution in [1.29, 1.82) is 0 Å². The van der Waals surface area contributed by atoms with Gasteiger partial charge in [0.15, 0.2) is 0 Å². The van der Waals surface area contributed by atoms with Gasteiger partial charge < -0.3 is 4.90 Å². The van der Waals surface area contributed by atoms with E-state index in [1.165, 1.54) is 5.69 Å². The highest BCUT2D eigenvalue weighted by Gasteiger charge is 2.23. The number of carbonyl (C=O) groups is 1. The first kappa shape index (κ1) is 17.6. The first-order valence-electron chi connectivity index (χ1n) is 9.34. The number of benzene rings is 1. The molecule has 1 aliphatic heterocycles. The van der Waals surface area contributed by atoms with E-state index in [-0.39, 0.29) is 5.91 Å². The molecule has 1 fully saturated rings. The van der Waals surface area contributed by atoms with Crippen molar-refractivity contribution < 1.29 is 4.79 Å². The molecule has 1 saturated heterocycles. The van der Waals surface area contributed by atoms with Gasteiger partial charge in [0, 0.05) is 38.4 Å². The van der Waals surface area contributed by atoms with Crippen molar-refractivity contribution >= 4 is 16.9 Å². The van der Waals surface area contributed by atoms with Crippen LogP contribution < -0.4 is 0 Å². The number of hydrogen-bond acceptors (Lipinski definition) is 5. The number of piperazine rings is 1. The topological polar surface area (TPSA) is 67.2 Å². The molecule has 7 heteroatoms. The van der Waals surface area contributed by atoms with Crippen LogP contribution >= 0.6 is 0 Å². The first-order valence-corrected chi connectivity index (χ1v) is 9.34. The Balaban J connectivity index is 1.34. The fourth-order valence-corrected chi connectivity index (χ4v) is 3.53. The van der Waals surface area contributed by atoms with Gasteiger partial charge in [0.2, 0.25) is 0 Å². The Bertz CT molecular complexity index is 958. The zero-order valence-electron chi connectivity index (χ0n) is 15.8. The summed E-state index contributed by atoms with van der Waals surface area (Å²) in [5, 5.41) is 4.51. The van der Waals surface area contributed by atoms with E-state index in [1.807, 2.05) is 36.1 Å². The van der Waals surface area contributed by atoms with Crippen LogP contribution in [0, 0.1) is 13.8 Å². The lowest BCUT2D eigenvalue weighted by Crippen LogP contribution is -2.49. The summed E-state index contributed by atoms with van der Waals surface area (Å²) in [7, 11) is 0. The molecule has 0 spiro atoms. The van der Waals surface area contributed by atoms with Crippen LogP contribution in [0.1, 0.15) is 21.9 Å². The molecular weight excluding hydrogens is 340 g/mol. The van der Waals surface area contributed by atoms with Gasteiger partial charge in [0.25, 0.3) is 5.91 Å². The maximum absolute atomic E-state index is 12.8.